The summed E-state index contributed by atoms with van der Waals surface area (Å²) in [5.74, 6) is 1.24. The van der Waals surface area contributed by atoms with E-state index in [0.717, 1.165) is 37.1 Å². The maximum Gasteiger partial charge on any atom is 0.180 e. The third-order valence-corrected chi connectivity index (χ3v) is 4.93. The first-order valence-electron chi connectivity index (χ1n) is 9.03. The highest BCUT2D eigenvalue weighted by molar-refractivity contribution is 6.32. The second-order valence-corrected chi connectivity index (χ2v) is 7.00. The number of rotatable bonds is 8. The minimum absolute atomic E-state index is 0.323. The summed E-state index contributed by atoms with van der Waals surface area (Å²) in [7, 11) is 1.63. The SMILES string of the molecule is COc1cc(CNC[C@@H]2CCCO2)cc(Cl)c1OCc1ccccc1C. The molecule has 1 heterocycles. The Balaban J connectivity index is 1.63. The quantitative estimate of drug-likeness (QED) is 0.737. The zero-order valence-corrected chi connectivity index (χ0v) is 16.1. The van der Waals surface area contributed by atoms with Crippen LogP contribution in [0, 0.1) is 6.92 Å². The van der Waals surface area contributed by atoms with Crippen LogP contribution in [-0.2, 0) is 17.9 Å². The Morgan fingerprint density at radius 3 is 2.85 bits per heavy atom. The molecule has 4 nitrogen and oxygen atoms in total. The summed E-state index contributed by atoms with van der Waals surface area (Å²) < 4.78 is 17.1. The van der Waals surface area contributed by atoms with Crippen LogP contribution in [0.3, 0.4) is 0 Å². The van der Waals surface area contributed by atoms with Gasteiger partial charge >= 0.3 is 0 Å². The lowest BCUT2D eigenvalue weighted by atomic mass is 10.1. The van der Waals surface area contributed by atoms with Crippen LogP contribution in [0.1, 0.15) is 29.5 Å². The third-order valence-electron chi connectivity index (χ3n) is 4.65. The highest BCUT2D eigenvalue weighted by Gasteiger charge is 2.16. The molecule has 1 aliphatic heterocycles. The molecule has 1 aliphatic rings. The predicted molar refractivity (Wildman–Crippen MR) is 104 cm³/mol. The number of aryl methyl sites for hydroxylation is 1. The summed E-state index contributed by atoms with van der Waals surface area (Å²) in [4.78, 5) is 0. The number of methoxy groups -OCH3 is 1. The Bertz CT molecular complexity index is 729. The van der Waals surface area contributed by atoms with Gasteiger partial charge in [-0.2, -0.15) is 0 Å². The lowest BCUT2D eigenvalue weighted by molar-refractivity contribution is 0.110. The van der Waals surface area contributed by atoms with Gasteiger partial charge in [0.2, 0.25) is 0 Å². The van der Waals surface area contributed by atoms with Gasteiger partial charge in [-0.15, -0.1) is 0 Å². The number of halogens is 1. The maximum atomic E-state index is 6.47. The van der Waals surface area contributed by atoms with Crippen molar-refractivity contribution in [2.75, 3.05) is 20.3 Å². The van der Waals surface area contributed by atoms with E-state index < -0.39 is 0 Å². The van der Waals surface area contributed by atoms with Crippen molar-refractivity contribution >= 4 is 11.6 Å². The minimum atomic E-state index is 0.323. The molecule has 1 fully saturated rings. The Kier molecular flexibility index (Phi) is 6.78. The first-order valence-corrected chi connectivity index (χ1v) is 9.41. The van der Waals surface area contributed by atoms with E-state index in [9.17, 15) is 0 Å². The standard InChI is InChI=1S/C21H26ClNO3/c1-15-6-3-4-7-17(15)14-26-21-19(22)10-16(11-20(21)24-2)12-23-13-18-8-5-9-25-18/h3-4,6-7,10-11,18,23H,5,8-9,12-14H2,1-2H3/t18-/m0/s1. The van der Waals surface area contributed by atoms with Crippen LogP contribution < -0.4 is 14.8 Å². The number of benzene rings is 2. The van der Waals surface area contributed by atoms with Crippen LogP contribution in [0.2, 0.25) is 5.02 Å². The van der Waals surface area contributed by atoms with Gasteiger partial charge in [-0.25, -0.2) is 0 Å². The Hall–Kier alpha value is -1.75. The van der Waals surface area contributed by atoms with E-state index in [2.05, 4.69) is 24.4 Å². The molecule has 0 spiro atoms. The van der Waals surface area contributed by atoms with Crippen LogP contribution in [0.15, 0.2) is 36.4 Å². The van der Waals surface area contributed by atoms with Gasteiger partial charge in [0, 0.05) is 19.7 Å². The van der Waals surface area contributed by atoms with E-state index in [1.54, 1.807) is 7.11 Å². The van der Waals surface area contributed by atoms with Crippen LogP contribution >= 0.6 is 11.6 Å². The number of nitrogens with one attached hydrogen (secondary N) is 1. The fraction of sp³-hybridized carbons (Fsp3) is 0.429. The molecule has 0 aromatic heterocycles. The number of hydrogen-bond donors (Lipinski definition) is 1. The molecule has 1 saturated heterocycles. The summed E-state index contributed by atoms with van der Waals surface area (Å²) in [5, 5.41) is 3.99. The summed E-state index contributed by atoms with van der Waals surface area (Å²) in [6.45, 7) is 4.97. The van der Waals surface area contributed by atoms with E-state index in [0.29, 0.717) is 35.8 Å². The number of ether oxygens (including phenoxy) is 3. The highest BCUT2D eigenvalue weighted by atomic mass is 35.5. The summed E-state index contributed by atoms with van der Waals surface area (Å²) >= 11 is 6.47. The molecule has 140 valence electrons. The lowest BCUT2D eigenvalue weighted by Gasteiger charge is -2.16. The fourth-order valence-electron chi connectivity index (χ4n) is 3.12. The monoisotopic (exact) mass is 375 g/mol. The molecule has 5 heteroatoms. The fourth-order valence-corrected chi connectivity index (χ4v) is 3.41. The zero-order chi connectivity index (χ0) is 18.4. The van der Waals surface area contributed by atoms with Crippen molar-refractivity contribution in [2.45, 2.75) is 39.0 Å². The van der Waals surface area contributed by atoms with Crippen LogP contribution in [0.25, 0.3) is 0 Å². The molecule has 1 atom stereocenters. The first kappa shape index (κ1) is 19.0. The average Bonchev–Trinajstić information content (AvgIpc) is 3.15. The Morgan fingerprint density at radius 2 is 2.12 bits per heavy atom. The van der Waals surface area contributed by atoms with E-state index in [1.165, 1.54) is 5.56 Å². The molecule has 1 N–H and O–H groups in total. The second-order valence-electron chi connectivity index (χ2n) is 6.59. The van der Waals surface area contributed by atoms with Gasteiger partial charge in [0.25, 0.3) is 0 Å². The van der Waals surface area contributed by atoms with Gasteiger partial charge in [0.05, 0.1) is 18.2 Å². The normalized spacial score (nSPS) is 16.7. The van der Waals surface area contributed by atoms with Crippen molar-refractivity contribution in [3.8, 4) is 11.5 Å². The zero-order valence-electron chi connectivity index (χ0n) is 15.4. The van der Waals surface area contributed by atoms with E-state index in [1.807, 2.05) is 24.3 Å². The van der Waals surface area contributed by atoms with Gasteiger partial charge in [0.15, 0.2) is 11.5 Å². The van der Waals surface area contributed by atoms with Crippen molar-refractivity contribution in [1.82, 2.24) is 5.32 Å². The van der Waals surface area contributed by atoms with Gasteiger partial charge in [-0.1, -0.05) is 35.9 Å². The van der Waals surface area contributed by atoms with Gasteiger partial charge in [-0.3, -0.25) is 0 Å². The molecule has 0 unspecified atom stereocenters. The maximum absolute atomic E-state index is 6.47. The molecule has 26 heavy (non-hydrogen) atoms. The molecule has 0 bridgehead atoms. The molecular formula is C21H26ClNO3. The first-order chi connectivity index (χ1) is 12.7. The molecule has 2 aromatic carbocycles. The van der Waals surface area contributed by atoms with Crippen LogP contribution in [0.5, 0.6) is 11.5 Å². The topological polar surface area (TPSA) is 39.7 Å². The Labute approximate surface area is 160 Å². The van der Waals surface area contributed by atoms with E-state index in [-0.39, 0.29) is 0 Å². The Morgan fingerprint density at radius 1 is 1.27 bits per heavy atom. The molecular weight excluding hydrogens is 350 g/mol. The smallest absolute Gasteiger partial charge is 0.180 e. The average molecular weight is 376 g/mol. The number of hydrogen-bond acceptors (Lipinski definition) is 4. The molecule has 3 rings (SSSR count). The molecule has 0 amide bonds. The lowest BCUT2D eigenvalue weighted by Crippen LogP contribution is -2.25. The summed E-state index contributed by atoms with van der Waals surface area (Å²) in [5.41, 5.74) is 3.39. The largest absolute Gasteiger partial charge is 0.493 e. The van der Waals surface area contributed by atoms with Crippen molar-refractivity contribution in [1.29, 1.82) is 0 Å². The van der Waals surface area contributed by atoms with Gasteiger partial charge < -0.3 is 19.5 Å². The predicted octanol–water partition coefficient (Wildman–Crippen LogP) is 4.50. The van der Waals surface area contributed by atoms with Crippen molar-refractivity contribution in [3.63, 3.8) is 0 Å². The van der Waals surface area contributed by atoms with E-state index >= 15 is 0 Å². The van der Waals surface area contributed by atoms with Crippen molar-refractivity contribution < 1.29 is 14.2 Å². The summed E-state index contributed by atoms with van der Waals surface area (Å²) in [6, 6.07) is 12.1. The summed E-state index contributed by atoms with van der Waals surface area (Å²) in [6.07, 6.45) is 2.60. The van der Waals surface area contributed by atoms with Gasteiger partial charge in [0.1, 0.15) is 6.61 Å². The highest BCUT2D eigenvalue weighted by Crippen LogP contribution is 2.37. The van der Waals surface area contributed by atoms with Crippen LogP contribution in [0.4, 0.5) is 0 Å². The molecule has 0 saturated carbocycles. The van der Waals surface area contributed by atoms with Crippen LogP contribution in [-0.4, -0.2) is 26.4 Å². The van der Waals surface area contributed by atoms with E-state index in [4.69, 9.17) is 25.8 Å². The van der Waals surface area contributed by atoms with Crippen molar-refractivity contribution in [2.24, 2.45) is 0 Å². The van der Waals surface area contributed by atoms with Crippen molar-refractivity contribution in [3.05, 3.63) is 58.1 Å². The molecule has 0 aliphatic carbocycles. The third kappa shape index (κ3) is 4.91. The minimum Gasteiger partial charge on any atom is -0.493 e. The van der Waals surface area contributed by atoms with Gasteiger partial charge in [-0.05, 0) is 48.6 Å². The molecule has 2 aromatic rings. The molecule has 0 radical (unpaired) electrons. The second kappa shape index (κ2) is 9.26.